The lowest BCUT2D eigenvalue weighted by molar-refractivity contribution is -0.139. The van der Waals surface area contributed by atoms with Gasteiger partial charge in [0.1, 0.15) is 6.04 Å². The first-order valence-corrected chi connectivity index (χ1v) is 8.57. The number of benzene rings is 1. The van der Waals surface area contributed by atoms with Gasteiger partial charge >= 0.3 is 0 Å². The summed E-state index contributed by atoms with van der Waals surface area (Å²) >= 11 is 1.34. The molecule has 0 aromatic heterocycles. The fraction of sp³-hybridized carbons (Fsp3) is 0.375. The molecule has 8 heteroatoms. The third kappa shape index (κ3) is 3.14. The highest BCUT2D eigenvalue weighted by Gasteiger charge is 2.38. The molecule has 1 aromatic carbocycles. The molecule has 2 aliphatic heterocycles. The molecule has 126 valence electrons. The SMILES string of the molecule is CCN(C(=O)C[C@H]1Sc2ccccc2NC1=O)[C@@H]1CC(=O)NC1=O. The number of rotatable bonds is 4. The number of anilines is 1. The summed E-state index contributed by atoms with van der Waals surface area (Å²) in [4.78, 5) is 50.2. The summed E-state index contributed by atoms with van der Waals surface area (Å²) in [6, 6.07) is 6.62. The molecular weight excluding hydrogens is 330 g/mol. The van der Waals surface area contributed by atoms with Crippen molar-refractivity contribution in [2.75, 3.05) is 11.9 Å². The van der Waals surface area contributed by atoms with Crippen molar-refractivity contribution >= 4 is 41.1 Å². The summed E-state index contributed by atoms with van der Waals surface area (Å²) in [6.07, 6.45) is -0.0398. The van der Waals surface area contributed by atoms with Gasteiger partial charge in [-0.25, -0.2) is 0 Å². The molecule has 2 aliphatic rings. The zero-order valence-corrected chi connectivity index (χ0v) is 13.9. The summed E-state index contributed by atoms with van der Waals surface area (Å²) in [6.45, 7) is 2.05. The van der Waals surface area contributed by atoms with Crippen LogP contribution in [-0.2, 0) is 19.2 Å². The molecule has 0 bridgehead atoms. The van der Waals surface area contributed by atoms with E-state index in [1.165, 1.54) is 16.7 Å². The summed E-state index contributed by atoms with van der Waals surface area (Å²) in [5, 5.41) is 4.45. The average molecular weight is 347 g/mol. The monoisotopic (exact) mass is 347 g/mol. The van der Waals surface area contributed by atoms with Crippen LogP contribution in [0, 0.1) is 0 Å². The number of amides is 4. The Labute approximate surface area is 143 Å². The van der Waals surface area contributed by atoms with Gasteiger partial charge in [0.15, 0.2) is 0 Å². The average Bonchev–Trinajstić information content (AvgIpc) is 2.87. The summed E-state index contributed by atoms with van der Waals surface area (Å²) in [5.74, 6) is -1.37. The number of nitrogens with zero attached hydrogens (tertiary/aromatic N) is 1. The topological polar surface area (TPSA) is 95.6 Å². The van der Waals surface area contributed by atoms with E-state index in [1.54, 1.807) is 6.92 Å². The highest BCUT2D eigenvalue weighted by atomic mass is 32.2. The highest BCUT2D eigenvalue weighted by molar-refractivity contribution is 8.01. The number of para-hydroxylation sites is 1. The Morgan fingerprint density at radius 3 is 2.62 bits per heavy atom. The van der Waals surface area contributed by atoms with E-state index in [1.807, 2.05) is 24.3 Å². The number of carbonyl (C=O) groups is 4. The van der Waals surface area contributed by atoms with Crippen LogP contribution in [0.3, 0.4) is 0 Å². The number of likely N-dealkylation sites (N-methyl/N-ethyl adjacent to an activating group) is 1. The number of carbonyl (C=O) groups excluding carboxylic acids is 4. The van der Waals surface area contributed by atoms with Crippen LogP contribution in [0.1, 0.15) is 19.8 Å². The van der Waals surface area contributed by atoms with Crippen LogP contribution < -0.4 is 10.6 Å². The van der Waals surface area contributed by atoms with Gasteiger partial charge in [-0.2, -0.15) is 0 Å². The van der Waals surface area contributed by atoms with Gasteiger partial charge in [0.05, 0.1) is 17.4 Å². The summed E-state index contributed by atoms with van der Waals surface area (Å²) < 4.78 is 0. The minimum absolute atomic E-state index is 0.0172. The van der Waals surface area contributed by atoms with E-state index in [2.05, 4.69) is 10.6 Å². The largest absolute Gasteiger partial charge is 0.330 e. The number of imide groups is 1. The summed E-state index contributed by atoms with van der Waals surface area (Å²) in [7, 11) is 0. The first-order chi connectivity index (χ1) is 11.5. The van der Waals surface area contributed by atoms with Crippen LogP contribution in [0.15, 0.2) is 29.2 Å². The number of thioether (sulfide) groups is 1. The first kappa shape index (κ1) is 16.5. The molecule has 2 atom stereocenters. The van der Waals surface area contributed by atoms with Gasteiger partial charge in [-0.05, 0) is 19.1 Å². The van der Waals surface area contributed by atoms with E-state index in [9.17, 15) is 19.2 Å². The molecule has 1 fully saturated rings. The van der Waals surface area contributed by atoms with Gasteiger partial charge in [0.2, 0.25) is 23.6 Å². The summed E-state index contributed by atoms with van der Waals surface area (Å²) in [5.41, 5.74) is 0.740. The lowest BCUT2D eigenvalue weighted by atomic mass is 10.1. The van der Waals surface area contributed by atoms with E-state index in [4.69, 9.17) is 0 Å². The maximum absolute atomic E-state index is 12.6. The first-order valence-electron chi connectivity index (χ1n) is 7.69. The maximum Gasteiger partial charge on any atom is 0.249 e. The van der Waals surface area contributed by atoms with Crippen LogP contribution in [-0.4, -0.2) is 46.4 Å². The van der Waals surface area contributed by atoms with Gasteiger partial charge in [0.25, 0.3) is 0 Å². The van der Waals surface area contributed by atoms with Crippen molar-refractivity contribution < 1.29 is 19.2 Å². The van der Waals surface area contributed by atoms with Crippen molar-refractivity contribution in [2.45, 2.75) is 36.0 Å². The van der Waals surface area contributed by atoms with E-state index >= 15 is 0 Å². The molecule has 2 heterocycles. The Bertz CT molecular complexity index is 721. The predicted molar refractivity (Wildman–Crippen MR) is 88.3 cm³/mol. The van der Waals surface area contributed by atoms with Gasteiger partial charge in [-0.1, -0.05) is 12.1 Å². The van der Waals surface area contributed by atoms with Crippen LogP contribution in [0.2, 0.25) is 0 Å². The zero-order valence-electron chi connectivity index (χ0n) is 13.1. The molecular formula is C16H17N3O4S. The molecule has 0 saturated carbocycles. The van der Waals surface area contributed by atoms with E-state index in [0.717, 1.165) is 10.6 Å². The Morgan fingerprint density at radius 2 is 1.96 bits per heavy atom. The Kier molecular flexibility index (Phi) is 4.57. The Morgan fingerprint density at radius 1 is 1.21 bits per heavy atom. The predicted octanol–water partition coefficient (Wildman–Crippen LogP) is 0.753. The van der Waals surface area contributed by atoms with Crippen molar-refractivity contribution in [3.63, 3.8) is 0 Å². The van der Waals surface area contributed by atoms with Crippen molar-refractivity contribution in [1.82, 2.24) is 10.2 Å². The van der Waals surface area contributed by atoms with Crippen LogP contribution in [0.25, 0.3) is 0 Å². The minimum Gasteiger partial charge on any atom is -0.330 e. The second-order valence-electron chi connectivity index (χ2n) is 5.61. The molecule has 1 saturated heterocycles. The molecule has 2 N–H and O–H groups in total. The standard InChI is InChI=1S/C16H17N3O4S/c1-2-19(10-7-13(20)18-15(10)22)14(21)8-12-16(23)17-9-5-3-4-6-11(9)24-12/h3-6,10,12H,2,7-8H2,1H3,(H,17,23)(H,18,20,22)/t10-,12-/m1/s1. The third-order valence-corrected chi connectivity index (χ3v) is 5.32. The van der Waals surface area contributed by atoms with Crippen LogP contribution in [0.4, 0.5) is 5.69 Å². The number of hydrogen-bond acceptors (Lipinski definition) is 5. The minimum atomic E-state index is -0.779. The number of hydrogen-bond donors (Lipinski definition) is 2. The highest BCUT2D eigenvalue weighted by Crippen LogP contribution is 2.36. The normalized spacial score (nSPS) is 22.6. The smallest absolute Gasteiger partial charge is 0.249 e. The Hall–Kier alpha value is -2.35. The number of fused-ring (bicyclic) bond motifs is 1. The second kappa shape index (κ2) is 6.64. The molecule has 0 aliphatic carbocycles. The maximum atomic E-state index is 12.6. The van der Waals surface area contributed by atoms with Gasteiger partial charge in [-0.15, -0.1) is 11.8 Å². The number of nitrogens with one attached hydrogen (secondary N) is 2. The van der Waals surface area contributed by atoms with Crippen LogP contribution in [0.5, 0.6) is 0 Å². The van der Waals surface area contributed by atoms with Gasteiger partial charge < -0.3 is 10.2 Å². The molecule has 1 aromatic rings. The second-order valence-corrected chi connectivity index (χ2v) is 6.85. The van der Waals surface area contributed by atoms with E-state index in [0.29, 0.717) is 6.54 Å². The zero-order chi connectivity index (χ0) is 17.3. The molecule has 0 unspecified atom stereocenters. The molecule has 24 heavy (non-hydrogen) atoms. The molecule has 3 rings (SSSR count). The molecule has 0 radical (unpaired) electrons. The fourth-order valence-electron chi connectivity index (χ4n) is 2.87. The van der Waals surface area contributed by atoms with Crippen LogP contribution >= 0.6 is 11.8 Å². The van der Waals surface area contributed by atoms with Crippen molar-refractivity contribution in [1.29, 1.82) is 0 Å². The molecule has 4 amide bonds. The van der Waals surface area contributed by atoms with E-state index < -0.39 is 17.2 Å². The third-order valence-electron chi connectivity index (χ3n) is 4.05. The Balaban J connectivity index is 1.71. The quantitative estimate of drug-likeness (QED) is 0.784. The van der Waals surface area contributed by atoms with Crippen molar-refractivity contribution in [3.8, 4) is 0 Å². The van der Waals surface area contributed by atoms with Gasteiger partial charge in [0, 0.05) is 17.9 Å². The fourth-order valence-corrected chi connectivity index (χ4v) is 3.97. The molecule has 0 spiro atoms. The van der Waals surface area contributed by atoms with Crippen molar-refractivity contribution in [3.05, 3.63) is 24.3 Å². The molecule has 7 nitrogen and oxygen atoms in total. The lowest BCUT2D eigenvalue weighted by Gasteiger charge is -2.28. The van der Waals surface area contributed by atoms with Gasteiger partial charge in [-0.3, -0.25) is 24.5 Å². The lowest BCUT2D eigenvalue weighted by Crippen LogP contribution is -2.46. The van der Waals surface area contributed by atoms with E-state index in [-0.39, 0.29) is 30.6 Å². The van der Waals surface area contributed by atoms with Crippen molar-refractivity contribution in [2.24, 2.45) is 0 Å².